The molecule has 0 aliphatic heterocycles. The van der Waals surface area contributed by atoms with E-state index in [4.69, 9.17) is 14.2 Å². The van der Waals surface area contributed by atoms with E-state index in [0.717, 1.165) is 36.6 Å². The molecule has 2 N–H and O–H groups in total. The Balaban J connectivity index is 1.59. The number of carbonyl (C=O) groups excluding carboxylic acids is 2. The van der Waals surface area contributed by atoms with Gasteiger partial charge in [-0.15, -0.1) is 0 Å². The first-order chi connectivity index (χ1) is 17.8. The van der Waals surface area contributed by atoms with E-state index in [1.807, 2.05) is 63.2 Å². The molecular formula is C28H36N4O5. The highest BCUT2D eigenvalue weighted by Crippen LogP contribution is 2.32. The van der Waals surface area contributed by atoms with Crippen molar-refractivity contribution in [1.82, 2.24) is 15.3 Å². The van der Waals surface area contributed by atoms with Crippen LogP contribution >= 0.6 is 0 Å². The number of fused-ring (bicyclic) bond motifs is 1. The van der Waals surface area contributed by atoms with E-state index in [9.17, 15) is 9.59 Å². The number of carbonyl (C=O) groups is 2. The first-order valence-corrected chi connectivity index (χ1v) is 12.5. The van der Waals surface area contributed by atoms with Crippen LogP contribution in [0.2, 0.25) is 0 Å². The van der Waals surface area contributed by atoms with Crippen LogP contribution in [0.3, 0.4) is 0 Å². The fraction of sp³-hybridized carbons (Fsp3) is 0.429. The van der Waals surface area contributed by atoms with Gasteiger partial charge in [0, 0.05) is 24.7 Å². The first-order valence-electron chi connectivity index (χ1n) is 12.5. The number of esters is 1. The topological polar surface area (TPSA) is 112 Å². The molecule has 1 amide bonds. The maximum Gasteiger partial charge on any atom is 0.407 e. The zero-order valence-electron chi connectivity index (χ0n) is 22.0. The zero-order valence-corrected chi connectivity index (χ0v) is 22.0. The second kappa shape index (κ2) is 13.4. The number of unbranched alkanes of at least 4 members (excludes halogenated alkanes) is 3. The third-order valence-electron chi connectivity index (χ3n) is 5.39. The van der Waals surface area contributed by atoms with Crippen molar-refractivity contribution >= 4 is 28.8 Å². The van der Waals surface area contributed by atoms with Gasteiger partial charge in [0.2, 0.25) is 0 Å². The number of alkyl carbamates (subject to hydrolysis) is 1. The Morgan fingerprint density at radius 1 is 0.946 bits per heavy atom. The third kappa shape index (κ3) is 8.63. The second-order valence-corrected chi connectivity index (χ2v) is 9.57. The number of hydrogen-bond donors (Lipinski definition) is 2. The van der Waals surface area contributed by atoms with E-state index in [1.165, 1.54) is 7.11 Å². The van der Waals surface area contributed by atoms with Crippen molar-refractivity contribution in [2.75, 3.05) is 25.5 Å². The lowest BCUT2D eigenvalue weighted by Gasteiger charge is -2.19. The molecule has 2 aromatic heterocycles. The first kappa shape index (κ1) is 27.7. The van der Waals surface area contributed by atoms with Crippen molar-refractivity contribution in [3.63, 3.8) is 0 Å². The van der Waals surface area contributed by atoms with Crippen molar-refractivity contribution in [2.45, 2.75) is 58.7 Å². The number of amides is 1. The lowest BCUT2D eigenvalue weighted by Crippen LogP contribution is -2.32. The Labute approximate surface area is 217 Å². The lowest BCUT2D eigenvalue weighted by atomic mass is 10.1. The van der Waals surface area contributed by atoms with E-state index in [-0.39, 0.29) is 12.3 Å². The van der Waals surface area contributed by atoms with Gasteiger partial charge in [-0.05, 0) is 51.3 Å². The van der Waals surface area contributed by atoms with Gasteiger partial charge in [0.1, 0.15) is 23.5 Å². The Bertz CT molecular complexity index is 1180. The molecule has 0 bridgehead atoms. The number of pyridine rings is 2. The average Bonchev–Trinajstić information content (AvgIpc) is 2.88. The highest BCUT2D eigenvalue weighted by molar-refractivity contribution is 6.02. The Morgan fingerprint density at radius 2 is 1.68 bits per heavy atom. The van der Waals surface area contributed by atoms with Gasteiger partial charge < -0.3 is 24.8 Å². The molecule has 0 saturated carbocycles. The molecule has 0 saturated heterocycles. The third-order valence-corrected chi connectivity index (χ3v) is 5.39. The van der Waals surface area contributed by atoms with E-state index < -0.39 is 17.7 Å². The number of nitrogens with zero attached hydrogens (tertiary/aromatic N) is 2. The minimum Gasteiger partial charge on any atom is -0.484 e. The van der Waals surface area contributed by atoms with E-state index in [2.05, 4.69) is 20.6 Å². The fourth-order valence-corrected chi connectivity index (χ4v) is 3.66. The van der Waals surface area contributed by atoms with E-state index >= 15 is 0 Å². The second-order valence-electron chi connectivity index (χ2n) is 9.57. The van der Waals surface area contributed by atoms with Crippen LogP contribution in [-0.4, -0.2) is 47.8 Å². The van der Waals surface area contributed by atoms with Gasteiger partial charge in [-0.1, -0.05) is 43.2 Å². The molecule has 37 heavy (non-hydrogen) atoms. The molecule has 0 aliphatic carbocycles. The summed E-state index contributed by atoms with van der Waals surface area (Å²) in [6.07, 6.45) is 4.97. The molecule has 198 valence electrons. The summed E-state index contributed by atoms with van der Waals surface area (Å²) < 4.78 is 16.3. The summed E-state index contributed by atoms with van der Waals surface area (Å²) in [7, 11) is 1.32. The Morgan fingerprint density at radius 3 is 2.38 bits per heavy atom. The van der Waals surface area contributed by atoms with Gasteiger partial charge in [0.05, 0.1) is 7.11 Å². The quantitative estimate of drug-likeness (QED) is 0.244. The zero-order chi connectivity index (χ0) is 26.7. The van der Waals surface area contributed by atoms with Gasteiger partial charge >= 0.3 is 12.1 Å². The molecular weight excluding hydrogens is 472 g/mol. The number of rotatable bonds is 12. The summed E-state index contributed by atoms with van der Waals surface area (Å²) >= 11 is 0. The molecule has 0 fully saturated rings. The summed E-state index contributed by atoms with van der Waals surface area (Å²) in [5.74, 6) is 0.271. The Hall–Kier alpha value is -3.88. The molecule has 3 aromatic rings. The van der Waals surface area contributed by atoms with Crippen LogP contribution in [0.5, 0.6) is 5.75 Å². The van der Waals surface area contributed by atoms with Crippen LogP contribution < -0.4 is 15.4 Å². The van der Waals surface area contributed by atoms with Gasteiger partial charge in [0.15, 0.2) is 11.4 Å². The highest BCUT2D eigenvalue weighted by Gasteiger charge is 2.22. The molecule has 0 atom stereocenters. The number of hydrogen-bond acceptors (Lipinski definition) is 8. The summed E-state index contributed by atoms with van der Waals surface area (Å²) in [4.78, 5) is 33.3. The van der Waals surface area contributed by atoms with Crippen LogP contribution in [0.15, 0.2) is 48.7 Å². The number of ether oxygens (including phenoxy) is 3. The summed E-state index contributed by atoms with van der Waals surface area (Å²) in [6.45, 7) is 7.04. The predicted molar refractivity (Wildman–Crippen MR) is 143 cm³/mol. The minimum absolute atomic E-state index is 0.0837. The number of benzene rings is 1. The summed E-state index contributed by atoms with van der Waals surface area (Å²) in [5, 5.41) is 6.88. The van der Waals surface area contributed by atoms with E-state index in [0.29, 0.717) is 30.2 Å². The predicted octanol–water partition coefficient (Wildman–Crippen LogP) is 5.49. The van der Waals surface area contributed by atoms with Crippen molar-refractivity contribution in [2.24, 2.45) is 0 Å². The van der Waals surface area contributed by atoms with Gasteiger partial charge in [-0.3, -0.25) is 4.98 Å². The van der Waals surface area contributed by atoms with Crippen LogP contribution in [0, 0.1) is 0 Å². The van der Waals surface area contributed by atoms with E-state index in [1.54, 1.807) is 6.20 Å². The van der Waals surface area contributed by atoms with Crippen molar-refractivity contribution < 1.29 is 23.8 Å². The summed E-state index contributed by atoms with van der Waals surface area (Å²) in [5.41, 5.74) is 1.10. The lowest BCUT2D eigenvalue weighted by molar-refractivity contribution is 0.0525. The van der Waals surface area contributed by atoms with Gasteiger partial charge in [-0.25, -0.2) is 14.6 Å². The maximum atomic E-state index is 12.6. The number of aromatic nitrogens is 2. The molecule has 0 unspecified atom stereocenters. The maximum absolute atomic E-state index is 12.6. The number of methoxy groups -OCH3 is 1. The van der Waals surface area contributed by atoms with Crippen molar-refractivity contribution in [3.05, 3.63) is 59.9 Å². The average molecular weight is 509 g/mol. The summed E-state index contributed by atoms with van der Waals surface area (Å²) in [6, 6.07) is 13.4. The Kier molecular flexibility index (Phi) is 10.1. The van der Waals surface area contributed by atoms with Crippen LogP contribution in [-0.2, 0) is 16.1 Å². The molecule has 3 rings (SSSR count). The highest BCUT2D eigenvalue weighted by atomic mass is 16.6. The standard InChI is InChI=1S/C28H36N4O5/c1-28(2,3)37-27(34)31-17-11-6-5-10-16-30-25-21-15-12-18-29-22(21)24(23(32-25)26(33)35-4)36-19-20-13-8-7-9-14-20/h7-9,12-15,18H,5-6,10-11,16-17,19H2,1-4H3,(H,30,32)(H,31,34). The smallest absolute Gasteiger partial charge is 0.407 e. The minimum atomic E-state index is -0.587. The molecule has 0 radical (unpaired) electrons. The SMILES string of the molecule is COC(=O)c1nc(NCCCCCCNC(=O)OC(C)(C)C)c2cccnc2c1OCc1ccccc1. The van der Waals surface area contributed by atoms with Gasteiger partial charge in [-0.2, -0.15) is 0 Å². The molecule has 0 aliphatic rings. The number of anilines is 1. The molecule has 1 aromatic carbocycles. The molecule has 2 heterocycles. The molecule has 0 spiro atoms. The van der Waals surface area contributed by atoms with Crippen molar-refractivity contribution in [3.8, 4) is 5.75 Å². The van der Waals surface area contributed by atoms with Crippen LogP contribution in [0.4, 0.5) is 10.6 Å². The number of nitrogens with one attached hydrogen (secondary N) is 2. The molecule has 9 nitrogen and oxygen atoms in total. The normalized spacial score (nSPS) is 11.1. The fourth-order valence-electron chi connectivity index (χ4n) is 3.66. The molecule has 9 heteroatoms. The van der Waals surface area contributed by atoms with Crippen molar-refractivity contribution in [1.29, 1.82) is 0 Å². The van der Waals surface area contributed by atoms with Crippen LogP contribution in [0.25, 0.3) is 10.9 Å². The van der Waals surface area contributed by atoms with Crippen LogP contribution in [0.1, 0.15) is 62.5 Å². The monoisotopic (exact) mass is 508 g/mol. The largest absolute Gasteiger partial charge is 0.484 e. The van der Waals surface area contributed by atoms with Gasteiger partial charge in [0.25, 0.3) is 0 Å².